The summed E-state index contributed by atoms with van der Waals surface area (Å²) < 4.78 is 1.96. The van der Waals surface area contributed by atoms with Crippen LogP contribution in [-0.4, -0.2) is 15.3 Å². The Balaban J connectivity index is 2.08. The van der Waals surface area contributed by atoms with Crippen LogP contribution >= 0.6 is 0 Å². The number of rotatable bonds is 1. The van der Waals surface area contributed by atoms with Gasteiger partial charge in [0.1, 0.15) is 0 Å². The molecule has 0 aliphatic heterocycles. The van der Waals surface area contributed by atoms with Crippen molar-refractivity contribution in [3.63, 3.8) is 0 Å². The van der Waals surface area contributed by atoms with E-state index in [4.69, 9.17) is 0 Å². The van der Waals surface area contributed by atoms with Crippen LogP contribution in [0, 0.1) is 0 Å². The normalized spacial score (nSPS) is 14.9. The monoisotopic (exact) mass is 212 g/mol. The van der Waals surface area contributed by atoms with Gasteiger partial charge in [-0.1, -0.05) is 0 Å². The first-order chi connectivity index (χ1) is 7.84. The number of hydrogen-bond donors (Lipinski definition) is 0. The maximum Gasteiger partial charge on any atom is 0.163 e. The third kappa shape index (κ3) is 1.45. The highest BCUT2D eigenvalue weighted by atomic mass is 16.1. The largest absolute Gasteiger partial charge is 0.306 e. The molecule has 3 rings (SSSR count). The third-order valence-corrected chi connectivity index (χ3v) is 3.04. The van der Waals surface area contributed by atoms with Gasteiger partial charge < -0.3 is 4.57 Å². The molecule has 0 saturated heterocycles. The summed E-state index contributed by atoms with van der Waals surface area (Å²) in [5.74, 6) is 0.276. The third-order valence-electron chi connectivity index (χ3n) is 3.04. The molecule has 0 bridgehead atoms. The average Bonchev–Trinajstić information content (AvgIpc) is 2.82. The highest BCUT2D eigenvalue weighted by Crippen LogP contribution is 2.23. The van der Waals surface area contributed by atoms with Crippen LogP contribution in [0.2, 0.25) is 0 Å². The predicted molar refractivity (Wildman–Crippen MR) is 60.8 cm³/mol. The van der Waals surface area contributed by atoms with E-state index in [0.717, 1.165) is 24.1 Å². The Hall–Kier alpha value is -1.90. The number of carbonyl (C=O) groups is 1. The Morgan fingerprint density at radius 3 is 3.00 bits per heavy atom. The van der Waals surface area contributed by atoms with Crippen LogP contribution < -0.4 is 0 Å². The molecule has 0 N–H and O–H groups in total. The van der Waals surface area contributed by atoms with Gasteiger partial charge in [-0.15, -0.1) is 0 Å². The standard InChI is InChI=1S/C13H12N2O/c16-13-3-1-2-10-8-11(4-5-12(10)13)15-7-6-14-9-15/h4-9H,1-3H2. The molecule has 0 radical (unpaired) electrons. The number of aryl methyl sites for hydroxylation is 1. The van der Waals surface area contributed by atoms with Crippen molar-refractivity contribution in [1.29, 1.82) is 0 Å². The zero-order valence-electron chi connectivity index (χ0n) is 8.89. The van der Waals surface area contributed by atoms with Crippen molar-refractivity contribution in [2.45, 2.75) is 19.3 Å². The minimum atomic E-state index is 0.276. The Morgan fingerprint density at radius 2 is 2.19 bits per heavy atom. The SMILES string of the molecule is O=C1CCCc2cc(-n3ccnc3)ccc21. The van der Waals surface area contributed by atoms with Gasteiger partial charge in [0.05, 0.1) is 6.33 Å². The first kappa shape index (κ1) is 9.33. The maximum atomic E-state index is 11.7. The molecule has 3 nitrogen and oxygen atoms in total. The van der Waals surface area contributed by atoms with Crippen LogP contribution in [0.1, 0.15) is 28.8 Å². The summed E-state index contributed by atoms with van der Waals surface area (Å²) >= 11 is 0. The lowest BCUT2D eigenvalue weighted by atomic mass is 9.90. The van der Waals surface area contributed by atoms with Crippen molar-refractivity contribution >= 4 is 5.78 Å². The molecule has 3 heteroatoms. The Labute approximate surface area is 93.7 Å². The molecule has 0 saturated carbocycles. The second-order valence-corrected chi connectivity index (χ2v) is 4.09. The number of imidazole rings is 1. The molecule has 1 heterocycles. The molecule has 0 fully saturated rings. The van der Waals surface area contributed by atoms with Crippen molar-refractivity contribution < 1.29 is 4.79 Å². The van der Waals surface area contributed by atoms with Crippen molar-refractivity contribution in [2.24, 2.45) is 0 Å². The molecule has 2 aromatic rings. The van der Waals surface area contributed by atoms with Gasteiger partial charge in [0.2, 0.25) is 0 Å². The van der Waals surface area contributed by atoms with Crippen molar-refractivity contribution in [3.05, 3.63) is 48.0 Å². The molecule has 80 valence electrons. The van der Waals surface area contributed by atoms with E-state index in [1.807, 2.05) is 22.9 Å². The molecule has 1 aromatic heterocycles. The van der Waals surface area contributed by atoms with Gasteiger partial charge in [-0.25, -0.2) is 4.98 Å². The number of benzene rings is 1. The van der Waals surface area contributed by atoms with Gasteiger partial charge in [0, 0.05) is 30.1 Å². The van der Waals surface area contributed by atoms with E-state index in [1.54, 1.807) is 12.5 Å². The highest BCUT2D eigenvalue weighted by Gasteiger charge is 2.17. The zero-order chi connectivity index (χ0) is 11.0. The van der Waals surface area contributed by atoms with E-state index in [9.17, 15) is 4.79 Å². The summed E-state index contributed by atoms with van der Waals surface area (Å²) in [6, 6.07) is 6.00. The van der Waals surface area contributed by atoms with Crippen LogP contribution in [0.25, 0.3) is 5.69 Å². The van der Waals surface area contributed by atoms with Crippen LogP contribution in [0.15, 0.2) is 36.9 Å². The van der Waals surface area contributed by atoms with E-state index in [2.05, 4.69) is 11.1 Å². The molecule has 1 aliphatic rings. The lowest BCUT2D eigenvalue weighted by Gasteiger charge is -2.15. The van der Waals surface area contributed by atoms with Crippen molar-refractivity contribution in [1.82, 2.24) is 9.55 Å². The number of nitrogens with zero attached hydrogens (tertiary/aromatic N) is 2. The van der Waals surface area contributed by atoms with Crippen LogP contribution in [0.4, 0.5) is 0 Å². The summed E-state index contributed by atoms with van der Waals surface area (Å²) in [7, 11) is 0. The van der Waals surface area contributed by atoms with E-state index in [1.165, 1.54) is 5.56 Å². The number of Topliss-reactive ketones (excluding diaryl/α,β-unsaturated/α-hetero) is 1. The Kier molecular flexibility index (Phi) is 2.10. The fourth-order valence-electron chi connectivity index (χ4n) is 2.21. The van der Waals surface area contributed by atoms with E-state index >= 15 is 0 Å². The zero-order valence-corrected chi connectivity index (χ0v) is 8.89. The molecular formula is C13H12N2O. The van der Waals surface area contributed by atoms with Crippen LogP contribution in [0.5, 0.6) is 0 Å². The fraction of sp³-hybridized carbons (Fsp3) is 0.231. The molecule has 0 amide bonds. The Bertz CT molecular complexity index is 529. The fourth-order valence-corrected chi connectivity index (χ4v) is 2.21. The van der Waals surface area contributed by atoms with Gasteiger partial charge in [-0.05, 0) is 36.6 Å². The smallest absolute Gasteiger partial charge is 0.163 e. The number of hydrogen-bond acceptors (Lipinski definition) is 2. The molecule has 0 unspecified atom stereocenters. The summed E-state index contributed by atoms with van der Waals surface area (Å²) in [5, 5.41) is 0. The number of ketones is 1. The summed E-state index contributed by atoms with van der Waals surface area (Å²) in [5.41, 5.74) is 3.14. The van der Waals surface area contributed by atoms with Crippen LogP contribution in [-0.2, 0) is 6.42 Å². The molecule has 1 aliphatic carbocycles. The quantitative estimate of drug-likeness (QED) is 0.727. The molecule has 0 spiro atoms. The topological polar surface area (TPSA) is 34.9 Å². The first-order valence-electron chi connectivity index (χ1n) is 5.49. The van der Waals surface area contributed by atoms with Crippen LogP contribution in [0.3, 0.4) is 0 Å². The highest BCUT2D eigenvalue weighted by molar-refractivity contribution is 5.98. The van der Waals surface area contributed by atoms with E-state index < -0.39 is 0 Å². The summed E-state index contributed by atoms with van der Waals surface area (Å²) in [6.45, 7) is 0. The van der Waals surface area contributed by atoms with E-state index in [0.29, 0.717) is 6.42 Å². The number of aromatic nitrogens is 2. The lowest BCUT2D eigenvalue weighted by molar-refractivity contribution is 0.0972. The second kappa shape index (κ2) is 3.59. The summed E-state index contributed by atoms with van der Waals surface area (Å²) in [6.07, 6.45) is 8.10. The van der Waals surface area contributed by atoms with Gasteiger partial charge in [-0.2, -0.15) is 0 Å². The van der Waals surface area contributed by atoms with Gasteiger partial charge >= 0.3 is 0 Å². The Morgan fingerprint density at radius 1 is 1.25 bits per heavy atom. The maximum absolute atomic E-state index is 11.7. The van der Waals surface area contributed by atoms with Crippen molar-refractivity contribution in [3.8, 4) is 5.69 Å². The minimum absolute atomic E-state index is 0.276. The predicted octanol–water partition coefficient (Wildman–Crippen LogP) is 2.39. The average molecular weight is 212 g/mol. The number of carbonyl (C=O) groups excluding carboxylic acids is 1. The lowest BCUT2D eigenvalue weighted by Crippen LogP contribution is -2.11. The summed E-state index contributed by atoms with van der Waals surface area (Å²) in [4.78, 5) is 15.7. The van der Waals surface area contributed by atoms with Gasteiger partial charge in [0.15, 0.2) is 5.78 Å². The molecular weight excluding hydrogens is 200 g/mol. The number of fused-ring (bicyclic) bond motifs is 1. The molecule has 0 atom stereocenters. The van der Waals surface area contributed by atoms with Crippen molar-refractivity contribution in [2.75, 3.05) is 0 Å². The van der Waals surface area contributed by atoms with Gasteiger partial charge in [0.25, 0.3) is 0 Å². The first-order valence-corrected chi connectivity index (χ1v) is 5.49. The molecule has 16 heavy (non-hydrogen) atoms. The van der Waals surface area contributed by atoms with E-state index in [-0.39, 0.29) is 5.78 Å². The minimum Gasteiger partial charge on any atom is -0.306 e. The van der Waals surface area contributed by atoms with Gasteiger partial charge in [-0.3, -0.25) is 4.79 Å². The second-order valence-electron chi connectivity index (χ2n) is 4.09. The molecule has 1 aromatic carbocycles.